The van der Waals surface area contributed by atoms with E-state index in [1.54, 1.807) is 0 Å². The second kappa shape index (κ2) is 7.14. The fraction of sp³-hybridized carbons (Fsp3) is 0.0588. The van der Waals surface area contributed by atoms with Crippen LogP contribution in [0.25, 0.3) is 11.6 Å². The molecule has 25 heavy (non-hydrogen) atoms. The van der Waals surface area contributed by atoms with Gasteiger partial charge in [-0.15, -0.1) is 0 Å². The highest BCUT2D eigenvalue weighted by Gasteiger charge is 2.19. The summed E-state index contributed by atoms with van der Waals surface area (Å²) in [4.78, 5) is 21.1. The summed E-state index contributed by atoms with van der Waals surface area (Å²) in [6, 6.07) is 10.0. The average molecular weight is 340 g/mol. The Hall–Kier alpha value is -3.86. The van der Waals surface area contributed by atoms with E-state index in [9.17, 15) is 25.3 Å². The molecular formula is C17H12N2O6. The number of phenols is 1. The predicted octanol–water partition coefficient (Wildman–Crippen LogP) is 3.07. The summed E-state index contributed by atoms with van der Waals surface area (Å²) in [5, 5.41) is 39.0. The standard InChI is InChI=1S/C17H12N2O6/c1-25-15-8-10(7-14(16(15)20)19(23)24)6-13(9-18)11-2-4-12(5-3-11)17(21)22/h2-8,20H,1H3,(H,21,22)/b13-6-. The molecule has 8 nitrogen and oxygen atoms in total. The number of hydrogen-bond acceptors (Lipinski definition) is 6. The van der Waals surface area contributed by atoms with E-state index in [4.69, 9.17) is 9.84 Å². The van der Waals surface area contributed by atoms with Crippen molar-refractivity contribution in [2.45, 2.75) is 0 Å². The van der Waals surface area contributed by atoms with Crippen LogP contribution in [-0.4, -0.2) is 28.2 Å². The Bertz CT molecular complexity index is 910. The lowest BCUT2D eigenvalue weighted by Gasteiger charge is -2.06. The van der Waals surface area contributed by atoms with Crippen LogP contribution in [0.5, 0.6) is 11.5 Å². The van der Waals surface area contributed by atoms with Gasteiger partial charge in [0.05, 0.1) is 29.2 Å². The first-order valence-electron chi connectivity index (χ1n) is 6.88. The topological polar surface area (TPSA) is 134 Å². The Balaban J connectivity index is 2.52. The number of methoxy groups -OCH3 is 1. The number of carbonyl (C=O) groups is 1. The lowest BCUT2D eigenvalue weighted by molar-refractivity contribution is -0.386. The van der Waals surface area contributed by atoms with Gasteiger partial charge in [-0.05, 0) is 35.4 Å². The first-order valence-corrected chi connectivity index (χ1v) is 6.88. The summed E-state index contributed by atoms with van der Waals surface area (Å²) >= 11 is 0. The second-order valence-corrected chi connectivity index (χ2v) is 4.90. The molecule has 0 spiro atoms. The summed E-state index contributed by atoms with van der Waals surface area (Å²) < 4.78 is 4.91. The van der Waals surface area contributed by atoms with Crippen molar-refractivity contribution in [1.82, 2.24) is 0 Å². The highest BCUT2D eigenvalue weighted by molar-refractivity contribution is 5.92. The van der Waals surface area contributed by atoms with Crippen molar-refractivity contribution in [2.75, 3.05) is 7.11 Å². The number of aromatic carboxylic acids is 1. The number of aromatic hydroxyl groups is 1. The molecule has 0 heterocycles. The number of allylic oxidation sites excluding steroid dienone is 1. The van der Waals surface area contributed by atoms with E-state index >= 15 is 0 Å². The van der Waals surface area contributed by atoms with Gasteiger partial charge in [0.25, 0.3) is 0 Å². The number of nitro groups is 1. The molecular weight excluding hydrogens is 328 g/mol. The fourth-order valence-electron chi connectivity index (χ4n) is 2.13. The first-order chi connectivity index (χ1) is 11.9. The van der Waals surface area contributed by atoms with Crippen molar-refractivity contribution in [3.63, 3.8) is 0 Å². The van der Waals surface area contributed by atoms with Crippen LogP contribution in [0.15, 0.2) is 36.4 Å². The van der Waals surface area contributed by atoms with E-state index in [0.717, 1.165) is 6.07 Å². The Labute approximate surface area is 142 Å². The van der Waals surface area contributed by atoms with E-state index < -0.39 is 22.3 Å². The lowest BCUT2D eigenvalue weighted by Crippen LogP contribution is -1.96. The van der Waals surface area contributed by atoms with Crippen LogP contribution in [0.1, 0.15) is 21.5 Å². The lowest BCUT2D eigenvalue weighted by atomic mass is 10.0. The van der Waals surface area contributed by atoms with Gasteiger partial charge in [0.15, 0.2) is 5.75 Å². The quantitative estimate of drug-likeness (QED) is 0.369. The van der Waals surface area contributed by atoms with Crippen LogP contribution in [0.2, 0.25) is 0 Å². The summed E-state index contributed by atoms with van der Waals surface area (Å²) in [6.07, 6.45) is 1.38. The van der Waals surface area contributed by atoms with Crippen molar-refractivity contribution in [3.8, 4) is 17.6 Å². The Morgan fingerprint density at radius 1 is 1.28 bits per heavy atom. The third-order valence-electron chi connectivity index (χ3n) is 3.37. The normalized spacial score (nSPS) is 10.8. The smallest absolute Gasteiger partial charge is 0.335 e. The van der Waals surface area contributed by atoms with Gasteiger partial charge in [-0.1, -0.05) is 12.1 Å². The van der Waals surface area contributed by atoms with Gasteiger partial charge in [0.1, 0.15) is 0 Å². The zero-order valence-electron chi connectivity index (χ0n) is 13.0. The number of carboxylic acid groups (broad SMARTS) is 1. The van der Waals surface area contributed by atoms with Crippen molar-refractivity contribution in [1.29, 1.82) is 5.26 Å². The van der Waals surface area contributed by atoms with Gasteiger partial charge in [-0.3, -0.25) is 10.1 Å². The zero-order valence-corrected chi connectivity index (χ0v) is 13.0. The van der Waals surface area contributed by atoms with Crippen LogP contribution >= 0.6 is 0 Å². The molecule has 0 bridgehead atoms. The number of rotatable bonds is 5. The molecule has 0 unspecified atom stereocenters. The van der Waals surface area contributed by atoms with Crippen LogP contribution in [0.4, 0.5) is 5.69 Å². The number of hydrogen-bond donors (Lipinski definition) is 2. The van der Waals surface area contributed by atoms with Crippen molar-refractivity contribution >= 4 is 23.3 Å². The monoisotopic (exact) mass is 340 g/mol. The SMILES string of the molecule is COc1cc(/C=C(/C#N)c2ccc(C(=O)O)cc2)cc([N+](=O)[O-])c1O. The van der Waals surface area contributed by atoms with E-state index in [2.05, 4.69) is 0 Å². The number of ether oxygens (including phenoxy) is 1. The van der Waals surface area contributed by atoms with Crippen molar-refractivity contribution in [3.05, 3.63) is 63.2 Å². The molecule has 2 aromatic carbocycles. The molecule has 126 valence electrons. The summed E-state index contributed by atoms with van der Waals surface area (Å²) in [5.41, 5.74) is 0.411. The van der Waals surface area contributed by atoms with Gasteiger partial charge in [-0.25, -0.2) is 4.79 Å². The average Bonchev–Trinajstić information content (AvgIpc) is 2.60. The predicted molar refractivity (Wildman–Crippen MR) is 88.2 cm³/mol. The molecule has 0 atom stereocenters. The molecule has 0 saturated heterocycles. The zero-order chi connectivity index (χ0) is 18.6. The number of nitriles is 1. The Morgan fingerprint density at radius 3 is 2.36 bits per heavy atom. The summed E-state index contributed by atoms with van der Waals surface area (Å²) in [6.45, 7) is 0. The van der Waals surface area contributed by atoms with Gasteiger partial charge in [-0.2, -0.15) is 5.26 Å². The molecule has 0 saturated carbocycles. The molecule has 8 heteroatoms. The maximum absolute atomic E-state index is 11.0. The minimum absolute atomic E-state index is 0.0722. The van der Waals surface area contributed by atoms with Crippen LogP contribution < -0.4 is 4.74 Å². The molecule has 0 aliphatic rings. The highest BCUT2D eigenvalue weighted by Crippen LogP contribution is 2.37. The first kappa shape index (κ1) is 17.5. The molecule has 0 radical (unpaired) electrons. The van der Waals surface area contributed by atoms with E-state index in [1.165, 1.54) is 43.5 Å². The van der Waals surface area contributed by atoms with Gasteiger partial charge in [0, 0.05) is 6.07 Å². The minimum atomic E-state index is -1.09. The van der Waals surface area contributed by atoms with E-state index in [-0.39, 0.29) is 22.4 Å². The van der Waals surface area contributed by atoms with Gasteiger partial charge in [0.2, 0.25) is 5.75 Å². The number of nitro benzene ring substituents is 1. The van der Waals surface area contributed by atoms with Gasteiger partial charge >= 0.3 is 11.7 Å². The highest BCUT2D eigenvalue weighted by atomic mass is 16.6. The van der Waals surface area contributed by atoms with Crippen LogP contribution in [0.3, 0.4) is 0 Å². The Morgan fingerprint density at radius 2 is 1.88 bits per heavy atom. The molecule has 0 aliphatic heterocycles. The number of nitrogens with zero attached hydrogens (tertiary/aromatic N) is 2. The largest absolute Gasteiger partial charge is 0.500 e. The second-order valence-electron chi connectivity index (χ2n) is 4.90. The maximum Gasteiger partial charge on any atom is 0.335 e. The number of carboxylic acids is 1. The third-order valence-corrected chi connectivity index (χ3v) is 3.37. The summed E-state index contributed by atoms with van der Waals surface area (Å²) in [7, 11) is 1.25. The number of phenolic OH excluding ortho intramolecular Hbond substituents is 1. The molecule has 2 rings (SSSR count). The fourth-order valence-corrected chi connectivity index (χ4v) is 2.13. The Kier molecular flexibility index (Phi) is 5.00. The number of benzene rings is 2. The molecule has 0 aromatic heterocycles. The van der Waals surface area contributed by atoms with E-state index in [1.807, 2.05) is 6.07 Å². The molecule has 0 amide bonds. The molecule has 0 fully saturated rings. The van der Waals surface area contributed by atoms with Crippen LogP contribution in [-0.2, 0) is 0 Å². The van der Waals surface area contributed by atoms with Crippen molar-refractivity contribution in [2.24, 2.45) is 0 Å². The molecule has 0 aliphatic carbocycles. The minimum Gasteiger partial charge on any atom is -0.500 e. The van der Waals surface area contributed by atoms with Crippen LogP contribution in [0, 0.1) is 21.4 Å². The van der Waals surface area contributed by atoms with Crippen molar-refractivity contribution < 1.29 is 24.7 Å². The third kappa shape index (κ3) is 3.73. The molecule has 2 N–H and O–H groups in total. The van der Waals surface area contributed by atoms with E-state index in [0.29, 0.717) is 5.56 Å². The molecule has 2 aromatic rings. The summed E-state index contributed by atoms with van der Waals surface area (Å²) in [5.74, 6) is -1.79. The maximum atomic E-state index is 11.0. The van der Waals surface area contributed by atoms with Gasteiger partial charge < -0.3 is 14.9 Å².